The summed E-state index contributed by atoms with van der Waals surface area (Å²) in [5.41, 5.74) is 0.422. The van der Waals surface area contributed by atoms with Crippen molar-refractivity contribution in [2.75, 3.05) is 23.3 Å². The second-order valence-electron chi connectivity index (χ2n) is 9.28. The number of halogens is 4. The third-order valence-electron chi connectivity index (χ3n) is 6.61. The van der Waals surface area contributed by atoms with Gasteiger partial charge in [0.25, 0.3) is 5.91 Å². The highest BCUT2D eigenvalue weighted by molar-refractivity contribution is 7.16. The largest absolute Gasteiger partial charge is 0.487 e. The Labute approximate surface area is 193 Å². The van der Waals surface area contributed by atoms with Gasteiger partial charge in [0.1, 0.15) is 5.69 Å². The van der Waals surface area contributed by atoms with Gasteiger partial charge in [0.15, 0.2) is 16.7 Å². The van der Waals surface area contributed by atoms with Gasteiger partial charge in [-0.15, -0.1) is 11.3 Å². The predicted octanol–water partition coefficient (Wildman–Crippen LogP) is 5.73. The van der Waals surface area contributed by atoms with Crippen molar-refractivity contribution in [2.45, 2.75) is 57.7 Å². The number of rotatable bonds is 6. The fourth-order valence-corrected chi connectivity index (χ4v) is 6.07. The molecule has 2 saturated carbocycles. The lowest BCUT2D eigenvalue weighted by Gasteiger charge is -2.18. The number of carbonyl (C=O) groups is 1. The van der Waals surface area contributed by atoms with Crippen molar-refractivity contribution in [3.05, 3.63) is 34.1 Å². The molecule has 1 saturated heterocycles. The highest BCUT2D eigenvalue weighted by Gasteiger charge is 2.47. The van der Waals surface area contributed by atoms with Crippen molar-refractivity contribution < 1.29 is 27.1 Å². The number of nitrogens with one attached hydrogen (secondary N) is 1. The quantitative estimate of drug-likeness (QED) is 0.534. The number of amides is 1. The van der Waals surface area contributed by atoms with Crippen LogP contribution in [0.2, 0.25) is 0 Å². The molecular formula is C23H25F4N3O2S. The number of anilines is 2. The molecule has 1 aromatic carbocycles. The van der Waals surface area contributed by atoms with E-state index in [1.165, 1.54) is 6.42 Å². The molecule has 33 heavy (non-hydrogen) atoms. The van der Waals surface area contributed by atoms with Gasteiger partial charge in [-0.25, -0.2) is 9.37 Å². The SMILES string of the molecule is Cc1cc(NC(=O)c2nc(N3CCCC3)sc2CC(F)(F)F)cc(F)c1OC1CC2CC2C1. The molecule has 2 aromatic rings. The molecule has 1 amide bonds. The minimum atomic E-state index is -4.47. The van der Waals surface area contributed by atoms with Crippen LogP contribution in [-0.2, 0) is 6.42 Å². The van der Waals surface area contributed by atoms with E-state index in [2.05, 4.69) is 10.3 Å². The van der Waals surface area contributed by atoms with Crippen LogP contribution in [0.5, 0.6) is 5.75 Å². The summed E-state index contributed by atoms with van der Waals surface area (Å²) >= 11 is 0.893. The molecule has 10 heteroatoms. The second-order valence-corrected chi connectivity index (χ2v) is 10.3. The van der Waals surface area contributed by atoms with E-state index in [-0.39, 0.29) is 28.1 Å². The standard InChI is InChI=1S/C23H25F4N3O2S/c1-12-6-15(10-17(24)20(12)32-16-8-13-7-14(13)9-16)28-21(31)19-18(11-23(25,26)27)33-22(29-19)30-4-2-3-5-30/h6,10,13-14,16H,2-5,7-9,11H2,1H3,(H,28,31). The van der Waals surface area contributed by atoms with Crippen molar-refractivity contribution in [1.29, 1.82) is 0 Å². The highest BCUT2D eigenvalue weighted by atomic mass is 32.1. The summed E-state index contributed by atoms with van der Waals surface area (Å²) < 4.78 is 60.0. The first kappa shape index (κ1) is 22.4. The van der Waals surface area contributed by atoms with Gasteiger partial charge in [-0.05, 0) is 62.5 Å². The summed E-state index contributed by atoms with van der Waals surface area (Å²) in [4.78, 5) is 18.9. The lowest BCUT2D eigenvalue weighted by molar-refractivity contribution is -0.126. The minimum absolute atomic E-state index is 0.00586. The molecule has 3 fully saturated rings. The number of fused-ring (bicyclic) bond motifs is 1. The Morgan fingerprint density at radius 3 is 2.55 bits per heavy atom. The lowest BCUT2D eigenvalue weighted by Crippen LogP contribution is -2.20. The normalized spacial score (nSPS) is 24.2. The smallest absolute Gasteiger partial charge is 0.393 e. The van der Waals surface area contributed by atoms with Gasteiger partial charge in [0, 0.05) is 29.7 Å². The van der Waals surface area contributed by atoms with Gasteiger partial charge >= 0.3 is 6.18 Å². The predicted molar refractivity (Wildman–Crippen MR) is 118 cm³/mol. The first-order chi connectivity index (χ1) is 15.7. The molecular weight excluding hydrogens is 458 g/mol. The van der Waals surface area contributed by atoms with Gasteiger partial charge in [-0.2, -0.15) is 13.2 Å². The van der Waals surface area contributed by atoms with Crippen molar-refractivity contribution in [3.63, 3.8) is 0 Å². The van der Waals surface area contributed by atoms with Crippen LogP contribution < -0.4 is 15.0 Å². The molecule has 0 bridgehead atoms. The van der Waals surface area contributed by atoms with E-state index in [0.29, 0.717) is 35.6 Å². The molecule has 178 valence electrons. The van der Waals surface area contributed by atoms with Crippen molar-refractivity contribution in [1.82, 2.24) is 4.98 Å². The maximum Gasteiger partial charge on any atom is 0.393 e. The molecule has 2 aliphatic carbocycles. The third kappa shape index (κ3) is 4.95. The number of ether oxygens (including phenoxy) is 1. The summed E-state index contributed by atoms with van der Waals surface area (Å²) in [6.45, 7) is 3.09. The first-order valence-corrected chi connectivity index (χ1v) is 12.1. The van der Waals surface area contributed by atoms with E-state index in [9.17, 15) is 22.4 Å². The molecule has 1 aliphatic heterocycles. The van der Waals surface area contributed by atoms with E-state index < -0.39 is 24.3 Å². The fourth-order valence-electron chi connectivity index (χ4n) is 4.93. The summed E-state index contributed by atoms with van der Waals surface area (Å²) in [5.74, 6) is 0.191. The number of benzene rings is 1. The van der Waals surface area contributed by atoms with E-state index in [1.807, 2.05) is 4.90 Å². The Balaban J connectivity index is 1.34. The van der Waals surface area contributed by atoms with Crippen molar-refractivity contribution in [3.8, 4) is 5.75 Å². The number of nitrogens with zero attached hydrogens (tertiary/aromatic N) is 2. The molecule has 0 spiro atoms. The fraction of sp³-hybridized carbons (Fsp3) is 0.565. The van der Waals surface area contributed by atoms with Gasteiger partial charge in [-0.3, -0.25) is 4.79 Å². The van der Waals surface area contributed by atoms with Crippen LogP contribution in [0.3, 0.4) is 0 Å². The molecule has 5 rings (SSSR count). The summed E-state index contributed by atoms with van der Waals surface area (Å²) in [6.07, 6.45) is -0.710. The van der Waals surface area contributed by atoms with Crippen LogP contribution in [0, 0.1) is 24.6 Å². The molecule has 1 aromatic heterocycles. The summed E-state index contributed by atoms with van der Waals surface area (Å²) in [6, 6.07) is 2.72. The number of carbonyl (C=O) groups excluding carboxylic acids is 1. The Hall–Kier alpha value is -2.36. The summed E-state index contributed by atoms with van der Waals surface area (Å²) in [7, 11) is 0. The van der Waals surface area contributed by atoms with Crippen molar-refractivity contribution in [2.24, 2.45) is 11.8 Å². The highest BCUT2D eigenvalue weighted by Crippen LogP contribution is 2.52. The summed E-state index contributed by atoms with van der Waals surface area (Å²) in [5, 5.41) is 2.94. The minimum Gasteiger partial charge on any atom is -0.487 e. The van der Waals surface area contributed by atoms with Crippen LogP contribution in [0.15, 0.2) is 12.1 Å². The average Bonchev–Trinajstić information content (AvgIpc) is 3.13. The molecule has 5 nitrogen and oxygen atoms in total. The average molecular weight is 484 g/mol. The van der Waals surface area contributed by atoms with Crippen molar-refractivity contribution >= 4 is 28.1 Å². The maximum atomic E-state index is 14.8. The van der Waals surface area contributed by atoms with Gasteiger partial charge in [-0.1, -0.05) is 0 Å². The zero-order chi connectivity index (χ0) is 23.3. The van der Waals surface area contributed by atoms with Gasteiger partial charge < -0.3 is 15.0 Å². The number of aromatic nitrogens is 1. The number of hydrogen-bond donors (Lipinski definition) is 1. The zero-order valence-electron chi connectivity index (χ0n) is 18.2. The Kier molecular flexibility index (Phi) is 5.74. The lowest BCUT2D eigenvalue weighted by atomic mass is 10.1. The van der Waals surface area contributed by atoms with Crippen LogP contribution >= 0.6 is 11.3 Å². The number of thiazole rings is 1. The Morgan fingerprint density at radius 2 is 1.91 bits per heavy atom. The topological polar surface area (TPSA) is 54.5 Å². The maximum absolute atomic E-state index is 14.8. The van der Waals surface area contributed by atoms with E-state index in [4.69, 9.17) is 4.74 Å². The number of hydrogen-bond acceptors (Lipinski definition) is 5. The van der Waals surface area contributed by atoms with E-state index in [0.717, 1.165) is 43.1 Å². The molecule has 2 heterocycles. The first-order valence-electron chi connectivity index (χ1n) is 11.3. The van der Waals surface area contributed by atoms with Gasteiger partial charge in [0.05, 0.1) is 12.5 Å². The zero-order valence-corrected chi connectivity index (χ0v) is 19.0. The molecule has 2 atom stereocenters. The van der Waals surface area contributed by atoms with Crippen LogP contribution in [-0.4, -0.2) is 36.3 Å². The second kappa shape index (κ2) is 8.45. The molecule has 2 unspecified atom stereocenters. The molecule has 3 aliphatic rings. The van der Waals surface area contributed by atoms with E-state index >= 15 is 0 Å². The van der Waals surface area contributed by atoms with Crippen LogP contribution in [0.25, 0.3) is 0 Å². The number of alkyl halides is 3. The Morgan fingerprint density at radius 1 is 1.21 bits per heavy atom. The third-order valence-corrected chi connectivity index (χ3v) is 7.73. The molecule has 1 N–H and O–H groups in total. The molecule has 0 radical (unpaired) electrons. The monoisotopic (exact) mass is 483 g/mol. The van der Waals surface area contributed by atoms with Crippen LogP contribution in [0.4, 0.5) is 28.4 Å². The van der Waals surface area contributed by atoms with Gasteiger partial charge in [0.2, 0.25) is 0 Å². The number of aryl methyl sites for hydroxylation is 1. The Bertz CT molecular complexity index is 1030. The van der Waals surface area contributed by atoms with Crippen LogP contribution in [0.1, 0.15) is 53.0 Å². The van der Waals surface area contributed by atoms with E-state index in [1.54, 1.807) is 13.0 Å².